The van der Waals surface area contributed by atoms with Crippen LogP contribution in [-0.4, -0.2) is 116 Å². The maximum atomic E-state index is 5.90. The third kappa shape index (κ3) is 20.4. The molecule has 0 rings (SSSR count). The molecule has 0 atom stereocenters. The summed E-state index contributed by atoms with van der Waals surface area (Å²) < 4.78 is 20.6. The predicted octanol–water partition coefficient (Wildman–Crippen LogP) is 2.55. The minimum atomic E-state index is -1.22. The summed E-state index contributed by atoms with van der Waals surface area (Å²) >= 11 is 0. The summed E-state index contributed by atoms with van der Waals surface area (Å²) in [6.07, 6.45) is 3.06. The second-order valence-corrected chi connectivity index (χ2v) is 11.0. The molecule has 0 heterocycles. The lowest BCUT2D eigenvalue weighted by Crippen LogP contribution is -2.36. The van der Waals surface area contributed by atoms with Gasteiger partial charge < -0.3 is 27.0 Å². The molecule has 25 heavy (non-hydrogen) atoms. The van der Waals surface area contributed by atoms with E-state index < -0.39 is 8.60 Å². The van der Waals surface area contributed by atoms with Crippen LogP contribution < -0.4 is 0 Å². The van der Waals surface area contributed by atoms with Crippen molar-refractivity contribution in [1.29, 1.82) is 0 Å². The molecule has 0 unspecified atom stereocenters. The second kappa shape index (κ2) is 11.8. The molecule has 0 aromatic rings. The number of nitrogens with zero attached hydrogens (tertiary/aromatic N) is 3. The summed E-state index contributed by atoms with van der Waals surface area (Å²) in [6.45, 7) is 5.37. The van der Waals surface area contributed by atoms with Crippen LogP contribution in [0.3, 0.4) is 0 Å². The zero-order valence-electron chi connectivity index (χ0n) is 18.4. The fourth-order valence-electron chi connectivity index (χ4n) is 2.15. The molecular formula is C18H45N3O3P+3. The van der Waals surface area contributed by atoms with Gasteiger partial charge in [-0.1, -0.05) is 0 Å². The average molecular weight is 383 g/mol. The smallest absolute Gasteiger partial charge is 0.331 e. The van der Waals surface area contributed by atoms with Crippen molar-refractivity contribution >= 4 is 8.60 Å². The molecule has 7 heteroatoms. The number of quaternary nitrogens is 3. The van der Waals surface area contributed by atoms with Crippen molar-refractivity contribution in [1.82, 2.24) is 0 Å². The van der Waals surface area contributed by atoms with Gasteiger partial charge in [0.05, 0.1) is 103 Å². The van der Waals surface area contributed by atoms with Crippen LogP contribution in [-0.2, 0) is 13.6 Å². The van der Waals surface area contributed by atoms with Crippen molar-refractivity contribution in [2.24, 2.45) is 0 Å². The van der Waals surface area contributed by atoms with Crippen LogP contribution in [0.4, 0.5) is 0 Å². The molecular weight excluding hydrogens is 337 g/mol. The molecule has 0 radical (unpaired) electrons. The fourth-order valence-corrected chi connectivity index (χ4v) is 3.20. The van der Waals surface area contributed by atoms with E-state index in [1.807, 2.05) is 0 Å². The third-order valence-corrected chi connectivity index (χ3v) is 4.69. The Balaban J connectivity index is 4.12. The van der Waals surface area contributed by atoms with Crippen LogP contribution >= 0.6 is 8.60 Å². The lowest BCUT2D eigenvalue weighted by molar-refractivity contribution is -0.870. The van der Waals surface area contributed by atoms with E-state index in [0.29, 0.717) is 19.8 Å². The first-order valence-corrected chi connectivity index (χ1v) is 10.5. The van der Waals surface area contributed by atoms with Gasteiger partial charge in [0.15, 0.2) is 0 Å². The summed E-state index contributed by atoms with van der Waals surface area (Å²) in [5.74, 6) is 0. The van der Waals surface area contributed by atoms with Gasteiger partial charge in [-0.15, -0.1) is 0 Å². The second-order valence-electron chi connectivity index (χ2n) is 9.83. The summed E-state index contributed by atoms with van der Waals surface area (Å²) in [6, 6.07) is 0. The topological polar surface area (TPSA) is 27.7 Å². The van der Waals surface area contributed by atoms with Crippen molar-refractivity contribution in [3.05, 3.63) is 0 Å². The van der Waals surface area contributed by atoms with E-state index in [2.05, 4.69) is 63.4 Å². The largest absolute Gasteiger partial charge is 0.332 e. The number of hydrogen-bond acceptors (Lipinski definition) is 3. The van der Waals surface area contributed by atoms with E-state index in [1.54, 1.807) is 0 Å². The van der Waals surface area contributed by atoms with Crippen LogP contribution in [0.2, 0.25) is 0 Å². The van der Waals surface area contributed by atoms with Crippen LogP contribution in [0.15, 0.2) is 0 Å². The molecule has 0 fully saturated rings. The Labute approximate surface area is 158 Å². The first-order valence-electron chi connectivity index (χ1n) is 9.39. The van der Waals surface area contributed by atoms with Gasteiger partial charge in [0.2, 0.25) is 0 Å². The summed E-state index contributed by atoms with van der Waals surface area (Å²) in [5, 5.41) is 0. The minimum absolute atomic E-state index is 0.700. The Hall–Kier alpha value is 0.190. The normalized spacial score (nSPS) is 13.7. The highest BCUT2D eigenvalue weighted by Crippen LogP contribution is 2.40. The summed E-state index contributed by atoms with van der Waals surface area (Å²) in [7, 11) is 18.6. The molecule has 0 spiro atoms. The lowest BCUT2D eigenvalue weighted by atomic mass is 10.4. The van der Waals surface area contributed by atoms with Crippen molar-refractivity contribution in [2.75, 3.05) is 103 Å². The van der Waals surface area contributed by atoms with Crippen LogP contribution in [0.1, 0.15) is 19.3 Å². The SMILES string of the molecule is C[N+](C)(C)CCCOP(OCCC[N+](C)(C)C)OCCC[N+](C)(C)C. The van der Waals surface area contributed by atoms with Crippen LogP contribution in [0.5, 0.6) is 0 Å². The van der Waals surface area contributed by atoms with Gasteiger partial charge in [-0.2, -0.15) is 0 Å². The fraction of sp³-hybridized carbons (Fsp3) is 1.00. The van der Waals surface area contributed by atoms with Crippen molar-refractivity contribution < 1.29 is 27.0 Å². The van der Waals surface area contributed by atoms with E-state index in [9.17, 15) is 0 Å². The molecule has 0 aromatic heterocycles. The van der Waals surface area contributed by atoms with Crippen molar-refractivity contribution in [2.45, 2.75) is 19.3 Å². The van der Waals surface area contributed by atoms with Crippen LogP contribution in [0, 0.1) is 0 Å². The lowest BCUT2D eigenvalue weighted by Gasteiger charge is -2.25. The zero-order valence-corrected chi connectivity index (χ0v) is 19.3. The van der Waals surface area contributed by atoms with Gasteiger partial charge in [0, 0.05) is 19.3 Å². The highest BCUT2D eigenvalue weighted by Gasteiger charge is 2.16. The van der Waals surface area contributed by atoms with E-state index in [0.717, 1.165) is 52.3 Å². The van der Waals surface area contributed by atoms with Gasteiger partial charge >= 0.3 is 8.60 Å². The molecule has 0 aromatic carbocycles. The first kappa shape index (κ1) is 25.2. The maximum absolute atomic E-state index is 5.90. The maximum Gasteiger partial charge on any atom is 0.332 e. The summed E-state index contributed by atoms with van der Waals surface area (Å²) in [5.41, 5.74) is 0. The zero-order chi connectivity index (χ0) is 19.6. The van der Waals surface area contributed by atoms with Gasteiger partial charge in [0.25, 0.3) is 0 Å². The molecule has 0 aliphatic heterocycles. The van der Waals surface area contributed by atoms with Crippen molar-refractivity contribution in [3.63, 3.8) is 0 Å². The molecule has 0 saturated carbocycles. The molecule has 0 saturated heterocycles. The van der Waals surface area contributed by atoms with E-state index in [-0.39, 0.29) is 0 Å². The molecule has 0 aliphatic rings. The third-order valence-electron chi connectivity index (χ3n) is 3.51. The molecule has 152 valence electrons. The standard InChI is InChI=1S/C18H45N3O3P/c1-19(2,3)13-10-16-22-25(23-17-11-14-20(4,5)6)24-18-12-15-21(7,8)9/h10-18H2,1-9H3/q+3. The van der Waals surface area contributed by atoms with E-state index >= 15 is 0 Å². The summed E-state index contributed by atoms with van der Waals surface area (Å²) in [4.78, 5) is 0. The van der Waals surface area contributed by atoms with Gasteiger partial charge in [-0.25, -0.2) is 0 Å². The molecule has 0 bridgehead atoms. The van der Waals surface area contributed by atoms with Gasteiger partial charge in [-0.3, -0.25) is 0 Å². The average Bonchev–Trinajstić information content (AvgIpc) is 2.40. The quantitative estimate of drug-likeness (QED) is 0.248. The predicted molar refractivity (Wildman–Crippen MR) is 107 cm³/mol. The first-order chi connectivity index (χ1) is 11.3. The van der Waals surface area contributed by atoms with Crippen LogP contribution in [0.25, 0.3) is 0 Å². The highest BCUT2D eigenvalue weighted by molar-refractivity contribution is 7.41. The van der Waals surface area contributed by atoms with Crippen molar-refractivity contribution in [3.8, 4) is 0 Å². The van der Waals surface area contributed by atoms with E-state index in [1.165, 1.54) is 0 Å². The molecule has 0 N–H and O–H groups in total. The van der Waals surface area contributed by atoms with Gasteiger partial charge in [0.1, 0.15) is 0 Å². The molecule has 0 amide bonds. The monoisotopic (exact) mass is 382 g/mol. The Kier molecular flexibility index (Phi) is 11.9. The Morgan fingerprint density at radius 3 is 0.920 bits per heavy atom. The molecule has 0 aliphatic carbocycles. The molecule has 6 nitrogen and oxygen atoms in total. The highest BCUT2D eigenvalue weighted by atomic mass is 31.2. The number of hydrogen-bond donors (Lipinski definition) is 0. The Morgan fingerprint density at radius 2 is 0.720 bits per heavy atom. The Morgan fingerprint density at radius 1 is 0.480 bits per heavy atom. The Bertz CT molecular complexity index is 284. The van der Waals surface area contributed by atoms with E-state index in [4.69, 9.17) is 13.6 Å². The number of rotatable bonds is 15. The minimum Gasteiger partial charge on any atom is -0.331 e. The van der Waals surface area contributed by atoms with Gasteiger partial charge in [-0.05, 0) is 0 Å².